The minimum atomic E-state index is -0.630. The Hall–Kier alpha value is -1.46. The molecule has 0 fully saturated rings. The fraction of sp³-hybridized carbons (Fsp3) is 0.500. The summed E-state index contributed by atoms with van der Waals surface area (Å²) in [5.41, 5.74) is 0.725. The van der Waals surface area contributed by atoms with Gasteiger partial charge in [-0.1, -0.05) is 13.8 Å². The first kappa shape index (κ1) is 13.6. The molecule has 0 aromatic heterocycles. The van der Waals surface area contributed by atoms with Gasteiger partial charge in [0.25, 0.3) is 5.69 Å². The van der Waals surface area contributed by atoms with Crippen LogP contribution in [0.3, 0.4) is 0 Å². The third-order valence-corrected chi connectivity index (χ3v) is 2.38. The zero-order chi connectivity index (χ0) is 12.8. The van der Waals surface area contributed by atoms with Gasteiger partial charge in [0.05, 0.1) is 11.0 Å². The van der Waals surface area contributed by atoms with Crippen LogP contribution in [-0.4, -0.2) is 23.1 Å². The molecular formula is C12H18N2O3. The topological polar surface area (TPSA) is 75.4 Å². The zero-order valence-electron chi connectivity index (χ0n) is 10.1. The molecule has 1 atom stereocenters. The van der Waals surface area contributed by atoms with Crippen molar-refractivity contribution in [3.05, 3.63) is 39.9 Å². The summed E-state index contributed by atoms with van der Waals surface area (Å²) in [6.07, 6.45) is -0.630. The monoisotopic (exact) mass is 238 g/mol. The van der Waals surface area contributed by atoms with Crippen LogP contribution < -0.4 is 5.32 Å². The van der Waals surface area contributed by atoms with Gasteiger partial charge in [0.15, 0.2) is 0 Å². The highest BCUT2D eigenvalue weighted by molar-refractivity contribution is 5.33. The third-order valence-electron chi connectivity index (χ3n) is 2.38. The Bertz CT molecular complexity index is 363. The molecular weight excluding hydrogens is 220 g/mol. The van der Waals surface area contributed by atoms with Crippen LogP contribution in [0, 0.1) is 16.0 Å². The summed E-state index contributed by atoms with van der Waals surface area (Å²) >= 11 is 0. The van der Waals surface area contributed by atoms with Gasteiger partial charge in [0.2, 0.25) is 0 Å². The Morgan fingerprint density at radius 3 is 2.35 bits per heavy atom. The molecule has 1 aromatic carbocycles. The number of aliphatic hydroxyl groups excluding tert-OH is 1. The number of nitrogens with zero attached hydrogens (tertiary/aromatic N) is 1. The lowest BCUT2D eigenvalue weighted by atomic mass is 10.1. The van der Waals surface area contributed by atoms with Crippen LogP contribution in [0.4, 0.5) is 5.69 Å². The number of nitrogens with one attached hydrogen (secondary N) is 1. The largest absolute Gasteiger partial charge is 0.387 e. The van der Waals surface area contributed by atoms with E-state index in [4.69, 9.17) is 0 Å². The Labute approximate surface area is 101 Å². The van der Waals surface area contributed by atoms with Crippen molar-refractivity contribution in [1.82, 2.24) is 5.32 Å². The van der Waals surface area contributed by atoms with Crippen LogP contribution >= 0.6 is 0 Å². The molecule has 17 heavy (non-hydrogen) atoms. The third kappa shape index (κ3) is 4.50. The molecule has 1 rings (SSSR count). The number of nitro benzene ring substituents is 1. The number of hydrogen-bond acceptors (Lipinski definition) is 4. The normalized spacial score (nSPS) is 12.7. The first-order valence-corrected chi connectivity index (χ1v) is 5.64. The summed E-state index contributed by atoms with van der Waals surface area (Å²) in [7, 11) is 0. The van der Waals surface area contributed by atoms with Crippen molar-refractivity contribution >= 4 is 5.69 Å². The fourth-order valence-electron chi connectivity index (χ4n) is 1.44. The van der Waals surface area contributed by atoms with Crippen molar-refractivity contribution in [2.75, 3.05) is 13.1 Å². The number of hydrogen-bond donors (Lipinski definition) is 2. The van der Waals surface area contributed by atoms with Crippen LogP contribution in [0.2, 0.25) is 0 Å². The molecule has 0 radical (unpaired) electrons. The molecule has 0 bridgehead atoms. The van der Waals surface area contributed by atoms with E-state index in [1.807, 2.05) is 0 Å². The lowest BCUT2D eigenvalue weighted by molar-refractivity contribution is -0.384. The Balaban J connectivity index is 2.51. The second-order valence-corrected chi connectivity index (χ2v) is 4.42. The quantitative estimate of drug-likeness (QED) is 0.586. The lowest BCUT2D eigenvalue weighted by Gasteiger charge is -2.13. The number of aliphatic hydroxyl groups is 1. The van der Waals surface area contributed by atoms with Gasteiger partial charge in [-0.2, -0.15) is 0 Å². The number of non-ortho nitro benzene ring substituents is 1. The Morgan fingerprint density at radius 1 is 1.29 bits per heavy atom. The summed E-state index contributed by atoms with van der Waals surface area (Å²) in [5, 5.41) is 23.4. The molecule has 5 heteroatoms. The lowest BCUT2D eigenvalue weighted by Crippen LogP contribution is -2.25. The summed E-state index contributed by atoms with van der Waals surface area (Å²) < 4.78 is 0. The molecule has 1 unspecified atom stereocenters. The van der Waals surface area contributed by atoms with E-state index in [9.17, 15) is 15.2 Å². The molecule has 0 aliphatic carbocycles. The summed E-state index contributed by atoms with van der Waals surface area (Å²) in [6.45, 7) is 5.47. The van der Waals surface area contributed by atoms with E-state index in [0.29, 0.717) is 18.0 Å². The fourth-order valence-corrected chi connectivity index (χ4v) is 1.44. The minimum Gasteiger partial charge on any atom is -0.387 e. The van der Waals surface area contributed by atoms with E-state index in [1.54, 1.807) is 12.1 Å². The number of nitro groups is 1. The van der Waals surface area contributed by atoms with E-state index in [0.717, 1.165) is 6.54 Å². The average Bonchev–Trinajstić information content (AvgIpc) is 2.28. The van der Waals surface area contributed by atoms with E-state index in [2.05, 4.69) is 19.2 Å². The highest BCUT2D eigenvalue weighted by Gasteiger charge is 2.10. The van der Waals surface area contributed by atoms with Gasteiger partial charge in [0.1, 0.15) is 0 Å². The SMILES string of the molecule is CC(C)CNCC(O)c1ccc([N+](=O)[O-])cc1. The second-order valence-electron chi connectivity index (χ2n) is 4.42. The Morgan fingerprint density at radius 2 is 1.88 bits per heavy atom. The van der Waals surface area contributed by atoms with Crippen LogP contribution in [-0.2, 0) is 0 Å². The standard InChI is InChI=1S/C12H18N2O3/c1-9(2)7-13-8-12(15)10-3-5-11(6-4-10)14(16)17/h3-6,9,12-13,15H,7-8H2,1-2H3. The number of benzene rings is 1. The molecule has 5 nitrogen and oxygen atoms in total. The van der Waals surface area contributed by atoms with Crippen molar-refractivity contribution in [3.63, 3.8) is 0 Å². The molecule has 94 valence electrons. The van der Waals surface area contributed by atoms with E-state index >= 15 is 0 Å². The van der Waals surface area contributed by atoms with Crippen molar-refractivity contribution in [2.45, 2.75) is 20.0 Å². The van der Waals surface area contributed by atoms with Gasteiger partial charge in [-0.3, -0.25) is 10.1 Å². The molecule has 0 saturated heterocycles. The Kier molecular flexibility index (Phi) is 5.06. The molecule has 0 aliphatic rings. The maximum atomic E-state index is 10.5. The highest BCUT2D eigenvalue weighted by Crippen LogP contribution is 2.17. The van der Waals surface area contributed by atoms with Crippen LogP contribution in [0.1, 0.15) is 25.5 Å². The molecule has 0 amide bonds. The predicted octanol–water partition coefficient (Wildman–Crippen LogP) is 1.87. The van der Waals surface area contributed by atoms with Gasteiger partial charge < -0.3 is 10.4 Å². The van der Waals surface area contributed by atoms with Crippen LogP contribution in [0.5, 0.6) is 0 Å². The molecule has 0 spiro atoms. The average molecular weight is 238 g/mol. The molecule has 0 aliphatic heterocycles. The van der Waals surface area contributed by atoms with Gasteiger partial charge in [-0.25, -0.2) is 0 Å². The maximum absolute atomic E-state index is 10.5. The van der Waals surface area contributed by atoms with Crippen molar-refractivity contribution in [1.29, 1.82) is 0 Å². The van der Waals surface area contributed by atoms with Crippen molar-refractivity contribution in [2.24, 2.45) is 5.92 Å². The smallest absolute Gasteiger partial charge is 0.269 e. The molecule has 0 saturated carbocycles. The van der Waals surface area contributed by atoms with Crippen LogP contribution in [0.25, 0.3) is 0 Å². The molecule has 2 N–H and O–H groups in total. The van der Waals surface area contributed by atoms with E-state index < -0.39 is 11.0 Å². The van der Waals surface area contributed by atoms with Gasteiger partial charge in [0, 0.05) is 18.7 Å². The van der Waals surface area contributed by atoms with Gasteiger partial charge in [-0.15, -0.1) is 0 Å². The van der Waals surface area contributed by atoms with Crippen molar-refractivity contribution < 1.29 is 10.0 Å². The van der Waals surface area contributed by atoms with Crippen molar-refractivity contribution in [3.8, 4) is 0 Å². The van der Waals surface area contributed by atoms with E-state index in [-0.39, 0.29) is 5.69 Å². The number of rotatable bonds is 6. The van der Waals surface area contributed by atoms with Gasteiger partial charge >= 0.3 is 0 Å². The maximum Gasteiger partial charge on any atom is 0.269 e. The molecule has 0 heterocycles. The summed E-state index contributed by atoms with van der Waals surface area (Å²) in [4.78, 5) is 10.0. The predicted molar refractivity (Wildman–Crippen MR) is 65.8 cm³/mol. The first-order chi connectivity index (χ1) is 8.00. The summed E-state index contributed by atoms with van der Waals surface area (Å²) in [5.74, 6) is 0.527. The zero-order valence-corrected chi connectivity index (χ0v) is 10.1. The van der Waals surface area contributed by atoms with Gasteiger partial charge in [-0.05, 0) is 30.2 Å². The minimum absolute atomic E-state index is 0.0380. The summed E-state index contributed by atoms with van der Waals surface area (Å²) in [6, 6.07) is 5.97. The van der Waals surface area contributed by atoms with Crippen LogP contribution in [0.15, 0.2) is 24.3 Å². The van der Waals surface area contributed by atoms with E-state index in [1.165, 1.54) is 12.1 Å². The highest BCUT2D eigenvalue weighted by atomic mass is 16.6. The second kappa shape index (κ2) is 6.32. The first-order valence-electron chi connectivity index (χ1n) is 5.64. The molecule has 1 aromatic rings.